The summed E-state index contributed by atoms with van der Waals surface area (Å²) in [7, 11) is 0. The zero-order valence-corrected chi connectivity index (χ0v) is 13.3. The summed E-state index contributed by atoms with van der Waals surface area (Å²) in [6.45, 7) is 3.68. The first-order valence-electron chi connectivity index (χ1n) is 8.45. The second kappa shape index (κ2) is 6.27. The largest absolute Gasteiger partial charge is 0.337 e. The van der Waals surface area contributed by atoms with Crippen molar-refractivity contribution in [1.29, 1.82) is 0 Å². The minimum Gasteiger partial charge on any atom is -0.337 e. The minimum atomic E-state index is -0.206. The summed E-state index contributed by atoms with van der Waals surface area (Å²) in [5, 5.41) is 3.13. The van der Waals surface area contributed by atoms with Gasteiger partial charge in [-0.15, -0.1) is 0 Å². The Bertz CT molecular complexity index is 524. The third-order valence-corrected chi connectivity index (χ3v) is 5.25. The lowest BCUT2D eigenvalue weighted by molar-refractivity contribution is 0.148. The number of hydrogen-bond donors (Lipinski definition) is 1. The molecule has 120 valence electrons. The molecule has 1 aromatic carbocycles. The van der Waals surface area contributed by atoms with Crippen LogP contribution in [0.15, 0.2) is 24.3 Å². The predicted molar refractivity (Wildman–Crippen MR) is 85.3 cm³/mol. The number of hydrogen-bond acceptors (Lipinski definition) is 1. The maximum atomic E-state index is 13.1. The highest BCUT2D eigenvalue weighted by Crippen LogP contribution is 2.47. The molecule has 1 saturated heterocycles. The molecule has 0 bridgehead atoms. The Hall–Kier alpha value is -1.58. The summed E-state index contributed by atoms with van der Waals surface area (Å²) in [5.74, 6) is -0.206. The van der Waals surface area contributed by atoms with Gasteiger partial charge in [0.2, 0.25) is 0 Å². The molecule has 1 aliphatic heterocycles. The standard InChI is InChI=1S/C18H25FN2O/c1-2-16-5-3-4-12-21(16)17(22)20-13-18(10-11-18)14-6-8-15(19)9-7-14/h6-9,16H,2-5,10-13H2,1H3,(H,20,22). The quantitative estimate of drug-likeness (QED) is 0.901. The molecule has 2 amide bonds. The first-order valence-corrected chi connectivity index (χ1v) is 8.45. The molecule has 1 aliphatic carbocycles. The van der Waals surface area contributed by atoms with Gasteiger partial charge >= 0.3 is 6.03 Å². The van der Waals surface area contributed by atoms with Crippen molar-refractivity contribution in [3.05, 3.63) is 35.6 Å². The van der Waals surface area contributed by atoms with Crippen LogP contribution in [-0.4, -0.2) is 30.1 Å². The molecule has 2 fully saturated rings. The van der Waals surface area contributed by atoms with E-state index in [1.807, 2.05) is 17.0 Å². The summed E-state index contributed by atoms with van der Waals surface area (Å²) in [6.07, 6.45) is 6.60. The van der Waals surface area contributed by atoms with Crippen LogP contribution in [0.25, 0.3) is 0 Å². The first-order chi connectivity index (χ1) is 10.6. The second-order valence-electron chi connectivity index (χ2n) is 6.70. The Morgan fingerprint density at radius 3 is 2.68 bits per heavy atom. The third-order valence-electron chi connectivity index (χ3n) is 5.25. The lowest BCUT2D eigenvalue weighted by atomic mass is 9.96. The second-order valence-corrected chi connectivity index (χ2v) is 6.70. The number of amides is 2. The Balaban J connectivity index is 1.59. The molecule has 3 nitrogen and oxygen atoms in total. The van der Waals surface area contributed by atoms with Crippen LogP contribution in [0.2, 0.25) is 0 Å². The Morgan fingerprint density at radius 1 is 1.32 bits per heavy atom. The van der Waals surface area contributed by atoms with Crippen LogP contribution in [0, 0.1) is 5.82 Å². The van der Waals surface area contributed by atoms with Gasteiger partial charge in [0.1, 0.15) is 5.82 Å². The Labute approximate surface area is 131 Å². The SMILES string of the molecule is CCC1CCCCN1C(=O)NCC1(c2ccc(F)cc2)CC1. The first kappa shape index (κ1) is 15.3. The summed E-state index contributed by atoms with van der Waals surface area (Å²) in [6, 6.07) is 7.17. The van der Waals surface area contributed by atoms with Crippen molar-refractivity contribution in [3.63, 3.8) is 0 Å². The zero-order chi connectivity index (χ0) is 15.6. The molecule has 0 spiro atoms. The van der Waals surface area contributed by atoms with Crippen molar-refractivity contribution in [1.82, 2.24) is 10.2 Å². The van der Waals surface area contributed by atoms with E-state index in [-0.39, 0.29) is 17.3 Å². The monoisotopic (exact) mass is 304 g/mol. The molecule has 4 heteroatoms. The highest BCUT2D eigenvalue weighted by Gasteiger charge is 2.44. The van der Waals surface area contributed by atoms with Crippen molar-refractivity contribution in [3.8, 4) is 0 Å². The summed E-state index contributed by atoms with van der Waals surface area (Å²) < 4.78 is 13.1. The van der Waals surface area contributed by atoms with Crippen molar-refractivity contribution in [2.45, 2.75) is 56.9 Å². The molecule has 2 aliphatic rings. The van der Waals surface area contributed by atoms with Crippen LogP contribution in [0.5, 0.6) is 0 Å². The lowest BCUT2D eigenvalue weighted by Gasteiger charge is -2.35. The fourth-order valence-corrected chi connectivity index (χ4v) is 3.56. The van der Waals surface area contributed by atoms with Crippen molar-refractivity contribution in [2.75, 3.05) is 13.1 Å². The molecular weight excluding hydrogens is 279 g/mol. The van der Waals surface area contributed by atoms with Gasteiger partial charge in [-0.25, -0.2) is 9.18 Å². The van der Waals surface area contributed by atoms with Gasteiger partial charge < -0.3 is 10.2 Å². The van der Waals surface area contributed by atoms with Crippen LogP contribution in [0.4, 0.5) is 9.18 Å². The number of piperidine rings is 1. The van der Waals surface area contributed by atoms with Gasteiger partial charge in [-0.05, 0) is 56.2 Å². The molecule has 1 atom stereocenters. The molecule has 1 heterocycles. The zero-order valence-electron chi connectivity index (χ0n) is 13.3. The van der Waals surface area contributed by atoms with E-state index in [4.69, 9.17) is 0 Å². The predicted octanol–water partition coefficient (Wildman–Crippen LogP) is 3.83. The number of urea groups is 1. The number of nitrogens with zero attached hydrogens (tertiary/aromatic N) is 1. The smallest absolute Gasteiger partial charge is 0.317 e. The highest BCUT2D eigenvalue weighted by molar-refractivity contribution is 5.75. The topological polar surface area (TPSA) is 32.3 Å². The lowest BCUT2D eigenvalue weighted by Crippen LogP contribution is -2.49. The maximum Gasteiger partial charge on any atom is 0.317 e. The number of nitrogens with one attached hydrogen (secondary N) is 1. The van der Waals surface area contributed by atoms with Gasteiger partial charge in [-0.2, -0.15) is 0 Å². The molecule has 0 aromatic heterocycles. The van der Waals surface area contributed by atoms with Crippen molar-refractivity contribution < 1.29 is 9.18 Å². The number of carbonyl (C=O) groups excluding carboxylic acids is 1. The number of benzene rings is 1. The Kier molecular flexibility index (Phi) is 4.37. The fraction of sp³-hybridized carbons (Fsp3) is 0.611. The molecule has 1 aromatic rings. The molecule has 0 radical (unpaired) electrons. The van der Waals surface area contributed by atoms with Gasteiger partial charge in [0.05, 0.1) is 0 Å². The molecule has 3 rings (SSSR count). The molecule has 1 unspecified atom stereocenters. The van der Waals surface area contributed by atoms with E-state index >= 15 is 0 Å². The van der Waals surface area contributed by atoms with Crippen LogP contribution in [-0.2, 0) is 5.41 Å². The highest BCUT2D eigenvalue weighted by atomic mass is 19.1. The average molecular weight is 304 g/mol. The summed E-state index contributed by atoms with van der Waals surface area (Å²) in [5.41, 5.74) is 1.17. The number of rotatable bonds is 4. The molecule has 1 saturated carbocycles. The number of carbonyl (C=O) groups is 1. The van der Waals surface area contributed by atoms with E-state index in [0.29, 0.717) is 12.6 Å². The third kappa shape index (κ3) is 3.11. The van der Waals surface area contributed by atoms with Crippen molar-refractivity contribution in [2.24, 2.45) is 0 Å². The van der Waals surface area contributed by atoms with Crippen molar-refractivity contribution >= 4 is 6.03 Å². The van der Waals surface area contributed by atoms with Gasteiger partial charge in [-0.3, -0.25) is 0 Å². The average Bonchev–Trinajstić information content (AvgIpc) is 3.34. The van der Waals surface area contributed by atoms with E-state index in [1.54, 1.807) is 0 Å². The summed E-state index contributed by atoms with van der Waals surface area (Å²) >= 11 is 0. The molecular formula is C18H25FN2O. The number of halogens is 1. The van der Waals surface area contributed by atoms with E-state index in [0.717, 1.165) is 44.2 Å². The van der Waals surface area contributed by atoms with Crippen LogP contribution < -0.4 is 5.32 Å². The van der Waals surface area contributed by atoms with Gasteiger partial charge in [-0.1, -0.05) is 19.1 Å². The van der Waals surface area contributed by atoms with E-state index in [1.165, 1.54) is 18.6 Å². The minimum absolute atomic E-state index is 0.0286. The van der Waals surface area contributed by atoms with Crippen LogP contribution >= 0.6 is 0 Å². The van der Waals surface area contributed by atoms with Gasteiger partial charge in [0.15, 0.2) is 0 Å². The molecule has 1 N–H and O–H groups in total. The summed E-state index contributed by atoms with van der Waals surface area (Å²) in [4.78, 5) is 14.5. The fourth-order valence-electron chi connectivity index (χ4n) is 3.56. The van der Waals surface area contributed by atoms with E-state index in [9.17, 15) is 9.18 Å². The van der Waals surface area contributed by atoms with E-state index < -0.39 is 0 Å². The Morgan fingerprint density at radius 2 is 2.05 bits per heavy atom. The van der Waals surface area contributed by atoms with Crippen LogP contribution in [0.3, 0.4) is 0 Å². The number of likely N-dealkylation sites (tertiary alicyclic amines) is 1. The van der Waals surface area contributed by atoms with Crippen LogP contribution in [0.1, 0.15) is 51.0 Å². The normalized spacial score (nSPS) is 23.2. The van der Waals surface area contributed by atoms with Gasteiger partial charge in [0, 0.05) is 24.5 Å². The van der Waals surface area contributed by atoms with Gasteiger partial charge in [0.25, 0.3) is 0 Å². The molecule has 22 heavy (non-hydrogen) atoms. The van der Waals surface area contributed by atoms with E-state index in [2.05, 4.69) is 12.2 Å². The maximum absolute atomic E-state index is 13.1.